The molecule has 0 fully saturated rings. The first-order valence-electron chi connectivity index (χ1n) is 11.5. The van der Waals surface area contributed by atoms with Crippen LogP contribution in [-0.2, 0) is 22.4 Å². The van der Waals surface area contributed by atoms with Crippen molar-refractivity contribution in [3.05, 3.63) is 59.7 Å². The second kappa shape index (κ2) is 11.6. The van der Waals surface area contributed by atoms with Crippen LogP contribution in [0, 0.1) is 0 Å². The van der Waals surface area contributed by atoms with Crippen LogP contribution in [0.1, 0.15) is 44.7 Å². The Morgan fingerprint density at radius 2 is 1.69 bits per heavy atom. The van der Waals surface area contributed by atoms with Crippen molar-refractivity contribution < 1.29 is 19.1 Å². The summed E-state index contributed by atoms with van der Waals surface area (Å²) in [4.78, 5) is 27.9. The summed E-state index contributed by atoms with van der Waals surface area (Å²) in [6, 6.07) is 15.4. The monoisotopic (exact) mass is 438 g/mol. The zero-order valence-corrected chi connectivity index (χ0v) is 19.3. The number of carbonyl (C=O) groups excluding carboxylic acids is 2. The number of amides is 2. The van der Waals surface area contributed by atoms with Gasteiger partial charge < -0.3 is 19.7 Å². The molecule has 0 radical (unpaired) electrons. The molecule has 2 amide bonds. The molecule has 1 aliphatic rings. The van der Waals surface area contributed by atoms with Gasteiger partial charge in [-0.25, -0.2) is 0 Å². The Bertz CT molecular complexity index is 898. The van der Waals surface area contributed by atoms with Gasteiger partial charge in [0, 0.05) is 19.0 Å². The number of nitrogens with one attached hydrogen (secondary N) is 1. The van der Waals surface area contributed by atoms with Gasteiger partial charge in [-0.15, -0.1) is 0 Å². The first-order chi connectivity index (χ1) is 15.5. The lowest BCUT2D eigenvalue weighted by atomic mass is 10.0. The molecule has 32 heavy (non-hydrogen) atoms. The third-order valence-electron chi connectivity index (χ3n) is 5.54. The van der Waals surface area contributed by atoms with Gasteiger partial charge in [0.05, 0.1) is 0 Å². The summed E-state index contributed by atoms with van der Waals surface area (Å²) in [5, 5.41) is 2.97. The van der Waals surface area contributed by atoms with E-state index in [1.54, 1.807) is 4.90 Å². The number of hydrogen-bond acceptors (Lipinski definition) is 4. The molecule has 1 atom stereocenters. The highest BCUT2D eigenvalue weighted by Gasteiger charge is 2.28. The van der Waals surface area contributed by atoms with Gasteiger partial charge in [-0.3, -0.25) is 9.59 Å². The van der Waals surface area contributed by atoms with Gasteiger partial charge in [-0.05, 0) is 56.4 Å². The Labute approximate surface area is 190 Å². The van der Waals surface area contributed by atoms with Gasteiger partial charge in [-0.2, -0.15) is 0 Å². The van der Waals surface area contributed by atoms with E-state index >= 15 is 0 Å². The van der Waals surface area contributed by atoms with Crippen LogP contribution < -0.4 is 14.8 Å². The van der Waals surface area contributed by atoms with Gasteiger partial charge in [0.15, 0.2) is 11.5 Å². The van der Waals surface area contributed by atoms with Crippen LogP contribution in [0.5, 0.6) is 11.5 Å². The maximum absolute atomic E-state index is 13.3. The van der Waals surface area contributed by atoms with Crippen molar-refractivity contribution in [3.63, 3.8) is 0 Å². The van der Waals surface area contributed by atoms with Crippen LogP contribution >= 0.6 is 0 Å². The van der Waals surface area contributed by atoms with Crippen LogP contribution in [0.25, 0.3) is 0 Å². The van der Waals surface area contributed by atoms with Gasteiger partial charge in [0.2, 0.25) is 11.8 Å². The standard InChI is InChI=1S/C26H34N2O4/c1-4-22(26(30)27-19(2)3)28(15-14-20-8-6-5-7-9-20)25(29)13-11-21-10-12-23-24(18-21)32-17-16-31-23/h5-10,12,18-19,22H,4,11,13-17H2,1-3H3,(H,27,30)/t22-/m0/s1. The Morgan fingerprint density at radius 1 is 0.969 bits per heavy atom. The lowest BCUT2D eigenvalue weighted by Crippen LogP contribution is -2.51. The van der Waals surface area contributed by atoms with E-state index in [1.807, 2.05) is 69.3 Å². The number of rotatable bonds is 10. The van der Waals surface area contributed by atoms with Crippen LogP contribution in [0.2, 0.25) is 0 Å². The number of nitrogens with zero attached hydrogens (tertiary/aromatic N) is 1. The van der Waals surface area contributed by atoms with E-state index in [0.29, 0.717) is 45.4 Å². The fourth-order valence-corrected chi connectivity index (χ4v) is 3.91. The molecule has 3 rings (SSSR count). The Morgan fingerprint density at radius 3 is 2.38 bits per heavy atom. The highest BCUT2D eigenvalue weighted by Crippen LogP contribution is 2.31. The van der Waals surface area contributed by atoms with Crippen LogP contribution in [0.3, 0.4) is 0 Å². The molecule has 0 spiro atoms. The topological polar surface area (TPSA) is 67.9 Å². The number of ether oxygens (including phenoxy) is 2. The smallest absolute Gasteiger partial charge is 0.242 e. The summed E-state index contributed by atoms with van der Waals surface area (Å²) in [5.74, 6) is 1.36. The molecule has 0 bridgehead atoms. The van der Waals surface area contributed by atoms with E-state index in [1.165, 1.54) is 0 Å². The van der Waals surface area contributed by atoms with Crippen molar-refractivity contribution in [2.75, 3.05) is 19.8 Å². The molecule has 1 aliphatic heterocycles. The molecule has 0 unspecified atom stereocenters. The molecule has 0 saturated heterocycles. The third kappa shape index (κ3) is 6.49. The van der Waals surface area contributed by atoms with Crippen molar-refractivity contribution >= 4 is 11.8 Å². The van der Waals surface area contributed by atoms with Gasteiger partial charge in [0.1, 0.15) is 19.3 Å². The third-order valence-corrected chi connectivity index (χ3v) is 5.54. The minimum absolute atomic E-state index is 0.0124. The molecule has 0 aromatic heterocycles. The Kier molecular flexibility index (Phi) is 8.54. The van der Waals surface area contributed by atoms with E-state index < -0.39 is 6.04 Å². The molecule has 0 aliphatic carbocycles. The maximum atomic E-state index is 13.3. The zero-order valence-electron chi connectivity index (χ0n) is 19.3. The van der Waals surface area contributed by atoms with Crippen molar-refractivity contribution in [3.8, 4) is 11.5 Å². The molecule has 1 N–H and O–H groups in total. The predicted octanol–water partition coefficient (Wildman–Crippen LogP) is 3.76. The number of aryl methyl sites for hydroxylation is 1. The van der Waals surface area contributed by atoms with Crippen LogP contribution in [0.15, 0.2) is 48.5 Å². The maximum Gasteiger partial charge on any atom is 0.242 e. The summed E-state index contributed by atoms with van der Waals surface area (Å²) < 4.78 is 11.2. The highest BCUT2D eigenvalue weighted by molar-refractivity contribution is 5.87. The van der Waals surface area contributed by atoms with Crippen molar-refractivity contribution in [1.29, 1.82) is 0 Å². The minimum atomic E-state index is -0.478. The lowest BCUT2D eigenvalue weighted by Gasteiger charge is -2.31. The quantitative estimate of drug-likeness (QED) is 0.613. The summed E-state index contributed by atoms with van der Waals surface area (Å²) in [6.45, 7) is 7.41. The van der Waals surface area contributed by atoms with Crippen molar-refractivity contribution in [2.45, 2.75) is 58.5 Å². The van der Waals surface area contributed by atoms with E-state index in [2.05, 4.69) is 5.32 Å². The summed E-state index contributed by atoms with van der Waals surface area (Å²) in [7, 11) is 0. The summed E-state index contributed by atoms with van der Waals surface area (Å²) in [5.41, 5.74) is 2.17. The predicted molar refractivity (Wildman–Crippen MR) is 125 cm³/mol. The molecule has 1 heterocycles. The lowest BCUT2D eigenvalue weighted by molar-refractivity contribution is -0.140. The number of carbonyl (C=O) groups is 2. The van der Waals surface area contributed by atoms with Crippen LogP contribution in [0.4, 0.5) is 0 Å². The molecule has 0 saturated carbocycles. The van der Waals surface area contributed by atoms with E-state index in [9.17, 15) is 9.59 Å². The first kappa shape index (κ1) is 23.6. The average Bonchev–Trinajstić information content (AvgIpc) is 2.80. The van der Waals surface area contributed by atoms with Gasteiger partial charge >= 0.3 is 0 Å². The van der Waals surface area contributed by atoms with E-state index in [0.717, 1.165) is 22.6 Å². The summed E-state index contributed by atoms with van der Waals surface area (Å²) in [6.07, 6.45) is 2.20. The molecule has 6 nitrogen and oxygen atoms in total. The average molecular weight is 439 g/mol. The van der Waals surface area contributed by atoms with E-state index in [4.69, 9.17) is 9.47 Å². The molecule has 2 aromatic carbocycles. The van der Waals surface area contributed by atoms with Gasteiger partial charge in [-0.1, -0.05) is 43.3 Å². The van der Waals surface area contributed by atoms with E-state index in [-0.39, 0.29) is 17.9 Å². The number of hydrogen-bond donors (Lipinski definition) is 1. The van der Waals surface area contributed by atoms with Gasteiger partial charge in [0.25, 0.3) is 0 Å². The number of benzene rings is 2. The largest absolute Gasteiger partial charge is 0.486 e. The number of fused-ring (bicyclic) bond motifs is 1. The molecular weight excluding hydrogens is 404 g/mol. The summed E-state index contributed by atoms with van der Waals surface area (Å²) >= 11 is 0. The van der Waals surface area contributed by atoms with Crippen molar-refractivity contribution in [2.24, 2.45) is 0 Å². The Balaban J connectivity index is 1.70. The fourth-order valence-electron chi connectivity index (χ4n) is 3.91. The Hall–Kier alpha value is -3.02. The highest BCUT2D eigenvalue weighted by atomic mass is 16.6. The molecule has 2 aromatic rings. The zero-order chi connectivity index (χ0) is 22.9. The molecule has 172 valence electrons. The first-order valence-corrected chi connectivity index (χ1v) is 11.5. The SMILES string of the molecule is CC[C@@H](C(=O)NC(C)C)N(CCc1ccccc1)C(=O)CCc1ccc2c(c1)OCCO2. The normalized spacial score (nSPS) is 13.5. The molecule has 6 heteroatoms. The minimum Gasteiger partial charge on any atom is -0.486 e. The molecular formula is C26H34N2O4. The second-order valence-corrected chi connectivity index (χ2v) is 8.39. The van der Waals surface area contributed by atoms with Crippen LogP contribution in [-0.4, -0.2) is 48.6 Å². The van der Waals surface area contributed by atoms with Crippen molar-refractivity contribution in [1.82, 2.24) is 10.2 Å². The second-order valence-electron chi connectivity index (χ2n) is 8.39. The fraction of sp³-hybridized carbons (Fsp3) is 0.462.